The summed E-state index contributed by atoms with van der Waals surface area (Å²) in [6.45, 7) is 8.35. The Bertz CT molecular complexity index is 364. The summed E-state index contributed by atoms with van der Waals surface area (Å²) in [5.41, 5.74) is -0.366. The molecule has 18 heavy (non-hydrogen) atoms. The van der Waals surface area contributed by atoms with E-state index in [0.29, 0.717) is 5.41 Å². The number of amides is 2. The molecule has 0 spiro atoms. The van der Waals surface area contributed by atoms with Gasteiger partial charge >= 0.3 is 0 Å². The van der Waals surface area contributed by atoms with Gasteiger partial charge in [-0.3, -0.25) is 9.59 Å². The molecule has 0 aromatic heterocycles. The van der Waals surface area contributed by atoms with Gasteiger partial charge in [-0.15, -0.1) is 0 Å². The highest BCUT2D eigenvalue weighted by Gasteiger charge is 2.43. The molecular formula is C14H24N2O2. The zero-order valence-corrected chi connectivity index (χ0v) is 11.9. The minimum atomic E-state index is -0.748. The van der Waals surface area contributed by atoms with Crippen LogP contribution in [0.4, 0.5) is 0 Å². The maximum absolute atomic E-state index is 12.4. The van der Waals surface area contributed by atoms with Crippen LogP contribution in [0, 0.1) is 5.41 Å². The van der Waals surface area contributed by atoms with Crippen LogP contribution in [-0.2, 0) is 9.59 Å². The van der Waals surface area contributed by atoms with Crippen LogP contribution in [0.5, 0.6) is 0 Å². The van der Waals surface area contributed by atoms with Crippen LogP contribution in [0.25, 0.3) is 0 Å². The predicted molar refractivity (Wildman–Crippen MR) is 70.0 cm³/mol. The summed E-state index contributed by atoms with van der Waals surface area (Å²) in [7, 11) is 0. The fourth-order valence-corrected chi connectivity index (χ4v) is 3.02. The predicted octanol–water partition coefficient (Wildman–Crippen LogP) is 1.69. The molecule has 1 saturated heterocycles. The highest BCUT2D eigenvalue weighted by molar-refractivity contribution is 5.97. The normalized spacial score (nSPS) is 28.1. The van der Waals surface area contributed by atoms with Crippen molar-refractivity contribution in [2.45, 2.75) is 65.0 Å². The van der Waals surface area contributed by atoms with Crippen molar-refractivity contribution in [2.75, 3.05) is 6.54 Å². The second kappa shape index (κ2) is 4.25. The lowest BCUT2D eigenvalue weighted by Gasteiger charge is -2.45. The fraction of sp³-hybridized carbons (Fsp3) is 0.857. The Morgan fingerprint density at radius 3 is 2.22 bits per heavy atom. The van der Waals surface area contributed by atoms with Gasteiger partial charge in [0.05, 0.1) is 6.54 Å². The Kier molecular flexibility index (Phi) is 3.16. The molecule has 0 unspecified atom stereocenters. The Morgan fingerprint density at radius 1 is 1.11 bits per heavy atom. The van der Waals surface area contributed by atoms with Gasteiger partial charge in [-0.25, -0.2) is 0 Å². The fourth-order valence-electron chi connectivity index (χ4n) is 3.02. The van der Waals surface area contributed by atoms with Crippen molar-refractivity contribution in [3.8, 4) is 0 Å². The Labute approximate surface area is 109 Å². The van der Waals surface area contributed by atoms with Gasteiger partial charge in [0.1, 0.15) is 5.54 Å². The summed E-state index contributed by atoms with van der Waals surface area (Å²) in [6, 6.07) is 0.246. The summed E-state index contributed by atoms with van der Waals surface area (Å²) >= 11 is 0. The molecular weight excluding hydrogens is 228 g/mol. The minimum absolute atomic E-state index is 0.0376. The molecule has 2 rings (SSSR count). The van der Waals surface area contributed by atoms with Crippen molar-refractivity contribution in [2.24, 2.45) is 5.41 Å². The molecule has 0 radical (unpaired) electrons. The van der Waals surface area contributed by atoms with Gasteiger partial charge in [0.2, 0.25) is 11.8 Å². The van der Waals surface area contributed by atoms with E-state index in [9.17, 15) is 9.59 Å². The summed E-state index contributed by atoms with van der Waals surface area (Å²) in [5.74, 6) is 0.0243. The molecule has 1 aliphatic heterocycles. The van der Waals surface area contributed by atoms with Gasteiger partial charge in [0, 0.05) is 6.04 Å². The molecule has 2 fully saturated rings. The second-order valence-corrected chi connectivity index (χ2v) is 7.00. The molecule has 0 aromatic carbocycles. The first kappa shape index (κ1) is 13.4. The molecule has 1 N–H and O–H groups in total. The number of nitrogens with zero attached hydrogens (tertiary/aromatic N) is 1. The monoisotopic (exact) mass is 252 g/mol. The van der Waals surface area contributed by atoms with E-state index >= 15 is 0 Å². The van der Waals surface area contributed by atoms with E-state index in [1.54, 1.807) is 18.7 Å². The number of rotatable bonds is 1. The lowest BCUT2D eigenvalue weighted by atomic mass is 9.75. The molecule has 4 nitrogen and oxygen atoms in total. The Morgan fingerprint density at radius 2 is 1.67 bits per heavy atom. The zero-order valence-electron chi connectivity index (χ0n) is 11.9. The minimum Gasteiger partial charge on any atom is -0.341 e. The van der Waals surface area contributed by atoms with Gasteiger partial charge in [0.15, 0.2) is 0 Å². The van der Waals surface area contributed by atoms with Crippen LogP contribution < -0.4 is 5.32 Å². The maximum atomic E-state index is 12.4. The lowest BCUT2D eigenvalue weighted by Crippen LogP contribution is -2.66. The summed E-state index contributed by atoms with van der Waals surface area (Å²) in [6.07, 6.45) is 4.29. The standard InChI is InChI=1S/C14H24N2O2/c1-13(2)7-5-10(6-8-13)16-9-11(17)15-14(3,4)12(16)18/h10H,5-9H2,1-4H3,(H,15,17). The molecule has 0 bridgehead atoms. The number of piperazine rings is 1. The molecule has 4 heteroatoms. The third-order valence-corrected chi connectivity index (χ3v) is 4.31. The number of hydrogen-bond acceptors (Lipinski definition) is 2. The SMILES string of the molecule is CC1(C)CCC(N2CC(=O)NC(C)(C)C2=O)CC1. The Hall–Kier alpha value is -1.06. The largest absolute Gasteiger partial charge is 0.341 e. The van der Waals surface area contributed by atoms with Gasteiger partial charge in [-0.2, -0.15) is 0 Å². The zero-order chi connectivity index (χ0) is 13.6. The van der Waals surface area contributed by atoms with E-state index in [1.165, 1.54) is 0 Å². The van der Waals surface area contributed by atoms with Crippen molar-refractivity contribution < 1.29 is 9.59 Å². The average molecular weight is 252 g/mol. The molecule has 2 amide bonds. The number of hydrogen-bond donors (Lipinski definition) is 1. The van der Waals surface area contributed by atoms with Crippen LogP contribution in [0.15, 0.2) is 0 Å². The van der Waals surface area contributed by atoms with Crippen molar-refractivity contribution in [3.63, 3.8) is 0 Å². The molecule has 1 aliphatic carbocycles. The molecule has 0 atom stereocenters. The number of carbonyl (C=O) groups excluding carboxylic acids is 2. The molecule has 1 heterocycles. The molecule has 102 valence electrons. The van der Waals surface area contributed by atoms with Crippen molar-refractivity contribution in [3.05, 3.63) is 0 Å². The summed E-state index contributed by atoms with van der Waals surface area (Å²) < 4.78 is 0. The van der Waals surface area contributed by atoms with Gasteiger partial charge in [-0.05, 0) is 44.9 Å². The smallest absolute Gasteiger partial charge is 0.248 e. The lowest BCUT2D eigenvalue weighted by molar-refractivity contribution is -0.151. The Balaban J connectivity index is 2.09. The molecule has 1 saturated carbocycles. The van der Waals surface area contributed by atoms with Crippen molar-refractivity contribution in [1.82, 2.24) is 10.2 Å². The third-order valence-electron chi connectivity index (χ3n) is 4.31. The van der Waals surface area contributed by atoms with Crippen molar-refractivity contribution >= 4 is 11.8 Å². The summed E-state index contributed by atoms with van der Waals surface area (Å²) in [5, 5.41) is 2.76. The van der Waals surface area contributed by atoms with E-state index in [4.69, 9.17) is 0 Å². The third kappa shape index (κ3) is 2.52. The van der Waals surface area contributed by atoms with E-state index in [2.05, 4.69) is 19.2 Å². The van der Waals surface area contributed by atoms with Crippen LogP contribution in [0.2, 0.25) is 0 Å². The number of nitrogens with one attached hydrogen (secondary N) is 1. The first-order valence-corrected chi connectivity index (χ1v) is 6.83. The van der Waals surface area contributed by atoms with Gasteiger partial charge in [0.25, 0.3) is 0 Å². The van der Waals surface area contributed by atoms with E-state index < -0.39 is 5.54 Å². The highest BCUT2D eigenvalue weighted by atomic mass is 16.2. The van der Waals surface area contributed by atoms with Crippen molar-refractivity contribution in [1.29, 1.82) is 0 Å². The van der Waals surface area contributed by atoms with Crippen LogP contribution >= 0.6 is 0 Å². The van der Waals surface area contributed by atoms with Crippen LogP contribution in [0.3, 0.4) is 0 Å². The van der Waals surface area contributed by atoms with Crippen LogP contribution in [-0.4, -0.2) is 34.8 Å². The molecule has 0 aromatic rings. The first-order chi connectivity index (χ1) is 8.21. The maximum Gasteiger partial charge on any atom is 0.248 e. The highest BCUT2D eigenvalue weighted by Crippen LogP contribution is 2.37. The first-order valence-electron chi connectivity index (χ1n) is 6.83. The topological polar surface area (TPSA) is 49.4 Å². The molecule has 2 aliphatic rings. The van der Waals surface area contributed by atoms with E-state index in [-0.39, 0.29) is 24.4 Å². The van der Waals surface area contributed by atoms with Gasteiger partial charge < -0.3 is 10.2 Å². The van der Waals surface area contributed by atoms with E-state index in [0.717, 1.165) is 25.7 Å². The average Bonchev–Trinajstić information content (AvgIpc) is 2.23. The van der Waals surface area contributed by atoms with Crippen LogP contribution in [0.1, 0.15) is 53.4 Å². The second-order valence-electron chi connectivity index (χ2n) is 7.00. The van der Waals surface area contributed by atoms with E-state index in [1.807, 2.05) is 0 Å². The number of carbonyl (C=O) groups is 2. The van der Waals surface area contributed by atoms with Gasteiger partial charge in [-0.1, -0.05) is 13.8 Å². The summed E-state index contributed by atoms with van der Waals surface area (Å²) in [4.78, 5) is 25.9. The quantitative estimate of drug-likeness (QED) is 0.772.